The second-order valence-electron chi connectivity index (χ2n) is 3.77. The first-order valence-electron chi connectivity index (χ1n) is 5.04. The molecule has 1 aromatic carbocycles. The smallest absolute Gasteiger partial charge is 0.294 e. The van der Waals surface area contributed by atoms with Crippen molar-refractivity contribution in [2.45, 2.75) is 9.24 Å². The van der Waals surface area contributed by atoms with E-state index in [0.29, 0.717) is 5.69 Å². The van der Waals surface area contributed by atoms with E-state index >= 15 is 0 Å². The van der Waals surface area contributed by atoms with E-state index in [1.54, 1.807) is 0 Å². The highest BCUT2D eigenvalue weighted by Gasteiger charge is 2.15. The van der Waals surface area contributed by atoms with Crippen LogP contribution < -0.4 is 5.32 Å². The zero-order valence-electron chi connectivity index (χ0n) is 10.0. The van der Waals surface area contributed by atoms with Crippen LogP contribution in [-0.4, -0.2) is 37.8 Å². The van der Waals surface area contributed by atoms with Crippen LogP contribution in [0.1, 0.15) is 0 Å². The van der Waals surface area contributed by atoms with Crippen molar-refractivity contribution in [2.75, 3.05) is 11.6 Å². The Hall–Kier alpha value is -1.56. The van der Waals surface area contributed by atoms with E-state index in [1.807, 2.05) is 0 Å². The van der Waals surface area contributed by atoms with Crippen molar-refractivity contribution >= 4 is 42.1 Å². The summed E-state index contributed by atoms with van der Waals surface area (Å²) < 4.78 is 53.3. The lowest BCUT2D eigenvalue weighted by atomic mass is 10.3. The van der Waals surface area contributed by atoms with Crippen LogP contribution in [0.25, 0.3) is 0 Å². The van der Waals surface area contributed by atoms with Crippen LogP contribution in [0, 0.1) is 0 Å². The molecule has 0 atom stereocenters. The monoisotopic (exact) mass is 335 g/mol. The molecule has 0 fully saturated rings. The topological polar surface area (TPSA) is 126 Å². The summed E-state index contributed by atoms with van der Waals surface area (Å²) in [4.78, 5) is -0.282. The van der Waals surface area contributed by atoms with Gasteiger partial charge in [-0.05, 0) is 18.2 Å². The van der Waals surface area contributed by atoms with Crippen molar-refractivity contribution < 1.29 is 21.4 Å². The number of anilines is 2. The van der Waals surface area contributed by atoms with E-state index in [1.165, 1.54) is 24.3 Å². The molecular formula is C9H9N3O5S3. The summed E-state index contributed by atoms with van der Waals surface area (Å²) in [5.41, 5.74) is 0.330. The third-order valence-electron chi connectivity index (χ3n) is 2.11. The molecule has 2 N–H and O–H groups in total. The first-order valence-corrected chi connectivity index (χ1v) is 9.19. The Bertz CT molecular complexity index is 841. The second kappa shape index (κ2) is 5.09. The number of benzene rings is 1. The molecule has 0 aliphatic rings. The number of sulfone groups is 1. The van der Waals surface area contributed by atoms with Crippen LogP contribution in [0.15, 0.2) is 33.5 Å². The average Bonchev–Trinajstić information content (AvgIpc) is 2.76. The number of nitrogens with one attached hydrogen (secondary N) is 1. The first kappa shape index (κ1) is 14.8. The number of rotatable bonds is 4. The van der Waals surface area contributed by atoms with Gasteiger partial charge in [-0.25, -0.2) is 8.42 Å². The molecule has 0 bridgehead atoms. The number of hydrogen-bond acceptors (Lipinski definition) is 8. The molecule has 0 radical (unpaired) electrons. The van der Waals surface area contributed by atoms with Crippen molar-refractivity contribution in [3.05, 3.63) is 24.3 Å². The van der Waals surface area contributed by atoms with Gasteiger partial charge >= 0.3 is 0 Å². The highest BCUT2D eigenvalue weighted by molar-refractivity contribution is 7.92. The lowest BCUT2D eigenvalue weighted by Crippen LogP contribution is -1.99. The van der Waals surface area contributed by atoms with Crippen molar-refractivity contribution in [1.82, 2.24) is 10.2 Å². The largest absolute Gasteiger partial charge is 0.330 e. The molecule has 8 nitrogen and oxygen atoms in total. The molecule has 0 saturated carbocycles. The molecule has 2 aromatic rings. The zero-order chi connectivity index (χ0) is 15.0. The first-order chi connectivity index (χ1) is 9.16. The van der Waals surface area contributed by atoms with Gasteiger partial charge in [0.2, 0.25) is 19.3 Å². The maximum absolute atomic E-state index is 11.3. The quantitative estimate of drug-likeness (QED) is 0.790. The van der Waals surface area contributed by atoms with Gasteiger partial charge in [0.05, 0.1) is 4.90 Å². The normalized spacial score (nSPS) is 12.3. The van der Waals surface area contributed by atoms with E-state index in [-0.39, 0.29) is 14.4 Å². The minimum absolute atomic E-state index is 0.147. The molecule has 0 unspecified atom stereocenters. The minimum Gasteiger partial charge on any atom is -0.330 e. The molecule has 2 rings (SSSR count). The summed E-state index contributed by atoms with van der Waals surface area (Å²) in [7, 11) is -7.74. The Balaban J connectivity index is 2.29. The lowest BCUT2D eigenvalue weighted by molar-refractivity contribution is 0.483. The lowest BCUT2D eigenvalue weighted by Gasteiger charge is -2.03. The zero-order valence-corrected chi connectivity index (χ0v) is 12.5. The van der Waals surface area contributed by atoms with E-state index in [9.17, 15) is 16.8 Å². The van der Waals surface area contributed by atoms with E-state index < -0.39 is 20.0 Å². The second-order valence-corrected chi connectivity index (χ2v) is 8.36. The van der Waals surface area contributed by atoms with Gasteiger partial charge in [-0.1, -0.05) is 17.4 Å². The molecule has 11 heteroatoms. The molecule has 0 aliphatic heterocycles. The van der Waals surface area contributed by atoms with Gasteiger partial charge in [0, 0.05) is 11.9 Å². The Morgan fingerprint density at radius 3 is 2.45 bits per heavy atom. The maximum Gasteiger partial charge on any atom is 0.294 e. The molecule has 108 valence electrons. The van der Waals surface area contributed by atoms with E-state index in [0.717, 1.165) is 17.6 Å². The molecule has 0 aliphatic carbocycles. The van der Waals surface area contributed by atoms with Crippen LogP contribution in [0.5, 0.6) is 0 Å². The fourth-order valence-electron chi connectivity index (χ4n) is 1.27. The molecule has 20 heavy (non-hydrogen) atoms. The van der Waals surface area contributed by atoms with Crippen LogP contribution in [0.2, 0.25) is 0 Å². The highest BCUT2D eigenvalue weighted by Crippen LogP contribution is 2.24. The van der Waals surface area contributed by atoms with Gasteiger partial charge in [-0.15, -0.1) is 10.2 Å². The minimum atomic E-state index is -4.30. The summed E-state index contributed by atoms with van der Waals surface area (Å²) in [6.07, 6.45) is 1.01. The van der Waals surface area contributed by atoms with Crippen molar-refractivity contribution in [3.8, 4) is 0 Å². The Labute approximate surface area is 119 Å². The molecule has 0 amide bonds. The van der Waals surface area contributed by atoms with Gasteiger partial charge < -0.3 is 5.32 Å². The van der Waals surface area contributed by atoms with Gasteiger partial charge in [0.15, 0.2) is 0 Å². The summed E-state index contributed by atoms with van der Waals surface area (Å²) in [6.45, 7) is 0. The SMILES string of the molecule is CS(=O)(=O)c1nnc(Nc2cccc(S(=O)(=O)O)c2)s1. The van der Waals surface area contributed by atoms with Gasteiger partial charge in [0.25, 0.3) is 10.1 Å². The molecule has 1 heterocycles. The number of aromatic nitrogens is 2. The van der Waals surface area contributed by atoms with E-state index in [2.05, 4.69) is 15.5 Å². The third kappa shape index (κ3) is 3.50. The van der Waals surface area contributed by atoms with Crippen molar-refractivity contribution in [2.24, 2.45) is 0 Å². The van der Waals surface area contributed by atoms with E-state index in [4.69, 9.17) is 4.55 Å². The van der Waals surface area contributed by atoms with Crippen LogP contribution >= 0.6 is 11.3 Å². The van der Waals surface area contributed by atoms with Crippen LogP contribution in [-0.2, 0) is 20.0 Å². The van der Waals surface area contributed by atoms with Crippen LogP contribution in [0.3, 0.4) is 0 Å². The summed E-state index contributed by atoms with van der Waals surface area (Å²) in [5.74, 6) is 0. The number of hydrogen-bond donors (Lipinski definition) is 2. The van der Waals surface area contributed by atoms with Crippen molar-refractivity contribution in [1.29, 1.82) is 0 Å². The highest BCUT2D eigenvalue weighted by atomic mass is 32.2. The van der Waals surface area contributed by atoms with Crippen molar-refractivity contribution in [3.63, 3.8) is 0 Å². The van der Waals surface area contributed by atoms with Gasteiger partial charge in [-0.3, -0.25) is 4.55 Å². The molecule has 0 spiro atoms. The standard InChI is InChI=1S/C9H9N3O5S3/c1-19(13,14)9-12-11-8(18-9)10-6-3-2-4-7(5-6)20(15,16)17/h2-5H,1H3,(H,10,11)(H,15,16,17). The summed E-state index contributed by atoms with van der Waals surface area (Å²) >= 11 is 0.815. The summed E-state index contributed by atoms with van der Waals surface area (Å²) in [6, 6.07) is 5.37. The number of nitrogens with zero attached hydrogens (tertiary/aromatic N) is 2. The van der Waals surface area contributed by atoms with Crippen LogP contribution in [0.4, 0.5) is 10.8 Å². The Kier molecular flexibility index (Phi) is 3.77. The van der Waals surface area contributed by atoms with Gasteiger partial charge in [-0.2, -0.15) is 8.42 Å². The Morgan fingerprint density at radius 2 is 1.90 bits per heavy atom. The maximum atomic E-state index is 11.3. The fourth-order valence-corrected chi connectivity index (χ4v) is 3.32. The molecular weight excluding hydrogens is 326 g/mol. The molecule has 1 aromatic heterocycles. The molecule has 0 saturated heterocycles. The summed E-state index contributed by atoms with van der Waals surface area (Å²) in [5, 5.41) is 10.0. The Morgan fingerprint density at radius 1 is 1.20 bits per heavy atom. The predicted octanol–water partition coefficient (Wildman–Crippen LogP) is 0.932. The average molecular weight is 335 g/mol. The fraction of sp³-hybridized carbons (Fsp3) is 0.111. The predicted molar refractivity (Wildman–Crippen MR) is 72.6 cm³/mol. The van der Waals surface area contributed by atoms with Gasteiger partial charge in [0.1, 0.15) is 0 Å². The third-order valence-corrected chi connectivity index (χ3v) is 5.46.